The molecule has 1 heterocycles. The van der Waals surface area contributed by atoms with E-state index in [1.807, 2.05) is 0 Å². The lowest BCUT2D eigenvalue weighted by Crippen LogP contribution is -2.27. The van der Waals surface area contributed by atoms with Crippen LogP contribution in [0.2, 0.25) is 0 Å². The van der Waals surface area contributed by atoms with Crippen LogP contribution >= 0.6 is 0 Å². The number of urea groups is 1. The van der Waals surface area contributed by atoms with Crippen molar-refractivity contribution < 1.29 is 17.9 Å². The molecule has 2 N–H and O–H groups in total. The minimum absolute atomic E-state index is 0.136. The molecule has 0 atom stereocenters. The van der Waals surface area contributed by atoms with Crippen molar-refractivity contribution in [2.45, 2.75) is 37.5 Å². The molecule has 8 heteroatoms. The van der Waals surface area contributed by atoms with Gasteiger partial charge >= 0.3 is 6.03 Å². The Labute approximate surface area is 172 Å². The molecule has 1 aliphatic heterocycles. The van der Waals surface area contributed by atoms with Crippen molar-refractivity contribution in [1.82, 2.24) is 5.32 Å². The first-order chi connectivity index (χ1) is 14.0. The van der Waals surface area contributed by atoms with Crippen LogP contribution in [0.5, 0.6) is 5.75 Å². The predicted octanol–water partition coefficient (Wildman–Crippen LogP) is 3.98. The fourth-order valence-corrected chi connectivity index (χ4v) is 4.13. The lowest BCUT2D eigenvalue weighted by Gasteiger charge is -2.15. The minimum atomic E-state index is -3.72. The number of anilines is 2. The number of hydrogen-bond acceptors (Lipinski definition) is 4. The molecule has 2 aromatic carbocycles. The highest BCUT2D eigenvalue weighted by Crippen LogP contribution is 2.23. The Balaban J connectivity index is 1.58. The average molecular weight is 418 g/mol. The van der Waals surface area contributed by atoms with Crippen LogP contribution in [-0.4, -0.2) is 34.1 Å². The molecule has 1 fully saturated rings. The molecule has 0 saturated carbocycles. The highest BCUT2D eigenvalue weighted by molar-refractivity contribution is 7.92. The van der Waals surface area contributed by atoms with Gasteiger partial charge in [0.05, 0.1) is 11.5 Å². The van der Waals surface area contributed by atoms with Gasteiger partial charge in [-0.15, -0.1) is 0 Å². The second-order valence-electron chi connectivity index (χ2n) is 6.92. The first kappa shape index (κ1) is 21.0. The number of benzene rings is 2. The molecule has 2 aromatic rings. The third-order valence-electron chi connectivity index (χ3n) is 4.69. The van der Waals surface area contributed by atoms with Crippen LogP contribution < -0.4 is 19.7 Å². The maximum Gasteiger partial charge on any atom is 0.321 e. The van der Waals surface area contributed by atoms with Crippen molar-refractivity contribution in [2.24, 2.45) is 0 Å². The van der Waals surface area contributed by atoms with Gasteiger partial charge in [-0.1, -0.05) is 26.2 Å². The van der Waals surface area contributed by atoms with Crippen molar-refractivity contribution >= 4 is 27.4 Å². The molecule has 29 heavy (non-hydrogen) atoms. The van der Waals surface area contributed by atoms with Crippen LogP contribution in [0, 0.1) is 0 Å². The van der Waals surface area contributed by atoms with E-state index in [2.05, 4.69) is 17.0 Å². The van der Waals surface area contributed by atoms with Crippen molar-refractivity contribution in [3.63, 3.8) is 0 Å². The van der Waals surface area contributed by atoms with E-state index in [1.165, 1.54) is 25.0 Å². The molecule has 0 aromatic heterocycles. The van der Waals surface area contributed by atoms with Gasteiger partial charge < -0.3 is 10.1 Å². The summed E-state index contributed by atoms with van der Waals surface area (Å²) in [6.45, 7) is 3.97. The van der Waals surface area contributed by atoms with Crippen LogP contribution in [0.4, 0.5) is 16.2 Å². The van der Waals surface area contributed by atoms with Gasteiger partial charge in [0.25, 0.3) is 10.0 Å². The van der Waals surface area contributed by atoms with E-state index in [0.29, 0.717) is 31.1 Å². The van der Waals surface area contributed by atoms with E-state index in [1.54, 1.807) is 41.3 Å². The van der Waals surface area contributed by atoms with Gasteiger partial charge in [0.2, 0.25) is 0 Å². The zero-order chi connectivity index (χ0) is 20.7. The summed E-state index contributed by atoms with van der Waals surface area (Å²) in [5.41, 5.74) is 1.13. The Kier molecular flexibility index (Phi) is 6.98. The third kappa shape index (κ3) is 5.63. The number of unbranched alkanes of at least 4 members (excludes halogenated alkanes) is 3. The molecule has 1 saturated heterocycles. The highest BCUT2D eigenvalue weighted by atomic mass is 32.2. The molecule has 156 valence electrons. The molecule has 1 aliphatic rings. The molecule has 3 rings (SSSR count). The smallest absolute Gasteiger partial charge is 0.321 e. The number of nitrogens with zero attached hydrogens (tertiary/aromatic N) is 1. The summed E-state index contributed by atoms with van der Waals surface area (Å²) in [7, 11) is -3.72. The number of amides is 2. The quantitative estimate of drug-likeness (QED) is 0.573. The van der Waals surface area contributed by atoms with Crippen molar-refractivity contribution in [2.75, 3.05) is 29.3 Å². The molecular weight excluding hydrogens is 390 g/mol. The van der Waals surface area contributed by atoms with Crippen LogP contribution in [0.1, 0.15) is 32.6 Å². The van der Waals surface area contributed by atoms with E-state index in [4.69, 9.17) is 4.74 Å². The molecule has 0 unspecified atom stereocenters. The molecule has 7 nitrogen and oxygen atoms in total. The van der Waals surface area contributed by atoms with Crippen LogP contribution in [0.3, 0.4) is 0 Å². The summed E-state index contributed by atoms with van der Waals surface area (Å²) in [4.78, 5) is 13.4. The van der Waals surface area contributed by atoms with Crippen molar-refractivity contribution in [1.29, 1.82) is 0 Å². The molecule has 0 radical (unpaired) electrons. The topological polar surface area (TPSA) is 87.7 Å². The van der Waals surface area contributed by atoms with E-state index >= 15 is 0 Å². The SMILES string of the molecule is CCCCCCOc1ccc(NS(=O)(=O)c2ccc(N3CCNC3=O)cc2)cc1. The van der Waals surface area contributed by atoms with Gasteiger partial charge in [0.1, 0.15) is 5.75 Å². The number of carbonyl (C=O) groups is 1. The zero-order valence-electron chi connectivity index (χ0n) is 16.6. The number of ether oxygens (including phenoxy) is 1. The van der Waals surface area contributed by atoms with Gasteiger partial charge in [-0.2, -0.15) is 0 Å². The molecule has 0 aliphatic carbocycles. The number of rotatable bonds is 10. The number of hydrogen-bond donors (Lipinski definition) is 2. The number of nitrogens with one attached hydrogen (secondary N) is 2. The molecular formula is C21H27N3O4S. The summed E-state index contributed by atoms with van der Waals surface area (Å²) in [5.74, 6) is 0.720. The molecule has 0 bridgehead atoms. The average Bonchev–Trinajstić information content (AvgIpc) is 3.15. The second kappa shape index (κ2) is 9.65. The van der Waals surface area contributed by atoms with Gasteiger partial charge in [-0.25, -0.2) is 13.2 Å². The number of sulfonamides is 1. The Morgan fingerprint density at radius 3 is 2.38 bits per heavy atom. The second-order valence-corrected chi connectivity index (χ2v) is 8.60. The Morgan fingerprint density at radius 1 is 1.03 bits per heavy atom. The largest absolute Gasteiger partial charge is 0.494 e. The maximum absolute atomic E-state index is 12.6. The van der Waals surface area contributed by atoms with Gasteiger partial charge in [-0.3, -0.25) is 9.62 Å². The van der Waals surface area contributed by atoms with Gasteiger partial charge in [0, 0.05) is 24.5 Å². The van der Waals surface area contributed by atoms with Crippen LogP contribution in [0.25, 0.3) is 0 Å². The van der Waals surface area contributed by atoms with E-state index < -0.39 is 10.0 Å². The summed E-state index contributed by atoms with van der Waals surface area (Å²) >= 11 is 0. The fraction of sp³-hybridized carbons (Fsp3) is 0.381. The van der Waals surface area contributed by atoms with E-state index in [-0.39, 0.29) is 10.9 Å². The van der Waals surface area contributed by atoms with E-state index in [0.717, 1.165) is 18.6 Å². The highest BCUT2D eigenvalue weighted by Gasteiger charge is 2.22. The standard InChI is InChI=1S/C21H27N3O4S/c1-2-3-4-5-16-28-19-10-6-17(7-11-19)23-29(26,27)20-12-8-18(9-13-20)24-15-14-22-21(24)25/h6-13,23H,2-5,14-16H2,1H3,(H,22,25). The lowest BCUT2D eigenvalue weighted by atomic mass is 10.2. The summed E-state index contributed by atoms with van der Waals surface area (Å²) in [6, 6.07) is 13.0. The molecule has 2 amide bonds. The Morgan fingerprint density at radius 2 is 1.76 bits per heavy atom. The Hall–Kier alpha value is -2.74. The monoisotopic (exact) mass is 417 g/mol. The van der Waals surface area contributed by atoms with Crippen molar-refractivity contribution in [3.8, 4) is 5.75 Å². The van der Waals surface area contributed by atoms with E-state index in [9.17, 15) is 13.2 Å². The fourth-order valence-electron chi connectivity index (χ4n) is 3.08. The summed E-state index contributed by atoms with van der Waals surface area (Å²) < 4.78 is 33.5. The first-order valence-electron chi connectivity index (χ1n) is 9.91. The predicted molar refractivity (Wildman–Crippen MR) is 114 cm³/mol. The van der Waals surface area contributed by atoms with Gasteiger partial charge in [-0.05, 0) is 55.0 Å². The third-order valence-corrected chi connectivity index (χ3v) is 6.09. The summed E-state index contributed by atoms with van der Waals surface area (Å²) in [5, 5.41) is 2.72. The number of carbonyl (C=O) groups excluding carboxylic acids is 1. The summed E-state index contributed by atoms with van der Waals surface area (Å²) in [6.07, 6.45) is 4.55. The zero-order valence-corrected chi connectivity index (χ0v) is 17.4. The normalized spacial score (nSPS) is 14.0. The van der Waals surface area contributed by atoms with Crippen LogP contribution in [0.15, 0.2) is 53.4 Å². The molecule has 0 spiro atoms. The minimum Gasteiger partial charge on any atom is -0.494 e. The van der Waals surface area contributed by atoms with Crippen LogP contribution in [-0.2, 0) is 10.0 Å². The maximum atomic E-state index is 12.6. The van der Waals surface area contributed by atoms with Crippen molar-refractivity contribution in [3.05, 3.63) is 48.5 Å². The first-order valence-corrected chi connectivity index (χ1v) is 11.4. The van der Waals surface area contributed by atoms with Gasteiger partial charge in [0.15, 0.2) is 0 Å². The lowest BCUT2D eigenvalue weighted by molar-refractivity contribution is 0.252. The Bertz CT molecular complexity index is 912.